The molecule has 2 aromatic rings. The number of nitrogens with one attached hydrogen (secondary N) is 3. The average molecular weight is 312 g/mol. The van der Waals surface area contributed by atoms with E-state index in [4.69, 9.17) is 5.11 Å². The van der Waals surface area contributed by atoms with Crippen molar-refractivity contribution in [3.63, 3.8) is 0 Å². The molecule has 0 saturated carbocycles. The second kappa shape index (κ2) is 7.60. The highest BCUT2D eigenvalue weighted by atomic mass is 32.2. The lowest BCUT2D eigenvalue weighted by Gasteiger charge is -2.20. The van der Waals surface area contributed by atoms with Crippen LogP contribution >= 0.6 is 11.8 Å². The summed E-state index contributed by atoms with van der Waals surface area (Å²) in [6.07, 6.45) is 4.38. The van der Waals surface area contributed by atoms with Crippen molar-refractivity contribution in [3.8, 4) is 0 Å². The standard InChI is InChI=1S/C13H20N4O3S/c1-21-6-9(10(19)5-18)3-14-2-8-4-15-12-11(8)16-7-17-13(12)20/h4,7,9-10,14-15,18-19H,2-3,5-6H2,1H3,(H,16,17,20)/t9-,10+/m1/s1. The first-order valence-corrected chi connectivity index (χ1v) is 8.09. The lowest BCUT2D eigenvalue weighted by Crippen LogP contribution is -2.35. The molecule has 0 radical (unpaired) electrons. The second-order valence-corrected chi connectivity index (χ2v) is 5.78. The molecule has 0 aliphatic rings. The summed E-state index contributed by atoms with van der Waals surface area (Å²) in [6.45, 7) is 0.884. The third-order valence-electron chi connectivity index (χ3n) is 3.38. The molecule has 0 bridgehead atoms. The number of nitrogens with zero attached hydrogens (tertiary/aromatic N) is 1. The summed E-state index contributed by atoms with van der Waals surface area (Å²) in [6, 6.07) is 0. The molecule has 0 aromatic carbocycles. The van der Waals surface area contributed by atoms with Crippen LogP contribution in [0.1, 0.15) is 5.56 Å². The van der Waals surface area contributed by atoms with Gasteiger partial charge < -0.3 is 25.5 Å². The zero-order chi connectivity index (χ0) is 15.2. The fourth-order valence-corrected chi connectivity index (χ4v) is 2.97. The molecule has 0 aliphatic heterocycles. The Morgan fingerprint density at radius 1 is 1.48 bits per heavy atom. The molecule has 2 heterocycles. The van der Waals surface area contributed by atoms with Gasteiger partial charge in [-0.1, -0.05) is 0 Å². The quantitative estimate of drug-likeness (QED) is 0.456. The van der Waals surface area contributed by atoms with Gasteiger partial charge in [-0.3, -0.25) is 4.79 Å². The Morgan fingerprint density at radius 2 is 2.29 bits per heavy atom. The fourth-order valence-electron chi connectivity index (χ4n) is 2.20. The number of aromatic amines is 2. The molecule has 2 atom stereocenters. The lowest BCUT2D eigenvalue weighted by atomic mass is 10.1. The van der Waals surface area contributed by atoms with Gasteiger partial charge in [0.1, 0.15) is 5.52 Å². The number of hydrogen-bond acceptors (Lipinski definition) is 6. The van der Waals surface area contributed by atoms with Crippen LogP contribution in [0.15, 0.2) is 17.3 Å². The first kappa shape index (κ1) is 16.0. The van der Waals surface area contributed by atoms with E-state index in [1.165, 1.54) is 6.33 Å². The topological polar surface area (TPSA) is 114 Å². The Morgan fingerprint density at radius 3 is 3.00 bits per heavy atom. The van der Waals surface area contributed by atoms with Crippen LogP contribution < -0.4 is 10.9 Å². The Bertz CT molecular complexity index is 627. The number of aromatic nitrogens is 3. The molecule has 7 nitrogen and oxygen atoms in total. The van der Waals surface area contributed by atoms with Crippen molar-refractivity contribution in [1.82, 2.24) is 20.3 Å². The third-order valence-corrected chi connectivity index (χ3v) is 4.14. The SMILES string of the molecule is CSC[C@@H](CNCc1c[nH]c2c(=O)[nH]cnc12)[C@@H](O)CO. The van der Waals surface area contributed by atoms with Gasteiger partial charge in [0.15, 0.2) is 0 Å². The van der Waals surface area contributed by atoms with Gasteiger partial charge in [-0.15, -0.1) is 0 Å². The van der Waals surface area contributed by atoms with Gasteiger partial charge >= 0.3 is 0 Å². The van der Waals surface area contributed by atoms with Crippen LogP contribution in [0, 0.1) is 5.92 Å². The molecule has 0 fully saturated rings. The summed E-state index contributed by atoms with van der Waals surface area (Å²) >= 11 is 1.63. The van der Waals surface area contributed by atoms with Gasteiger partial charge in [0.25, 0.3) is 5.56 Å². The minimum atomic E-state index is -0.728. The predicted octanol–water partition coefficient (Wildman–Crippen LogP) is -0.327. The Balaban J connectivity index is 1.98. The molecule has 0 spiro atoms. The number of H-pyrrole nitrogens is 2. The fraction of sp³-hybridized carbons (Fsp3) is 0.538. The maximum Gasteiger partial charge on any atom is 0.275 e. The number of hydrogen-bond donors (Lipinski definition) is 5. The molecule has 116 valence electrons. The van der Waals surface area contributed by atoms with E-state index in [-0.39, 0.29) is 18.1 Å². The van der Waals surface area contributed by atoms with E-state index in [9.17, 15) is 9.90 Å². The van der Waals surface area contributed by atoms with Gasteiger partial charge in [-0.25, -0.2) is 4.98 Å². The summed E-state index contributed by atoms with van der Waals surface area (Å²) in [5.41, 5.74) is 1.82. The summed E-state index contributed by atoms with van der Waals surface area (Å²) < 4.78 is 0. The Labute approximate surface area is 126 Å². The van der Waals surface area contributed by atoms with E-state index in [1.807, 2.05) is 6.26 Å². The predicted molar refractivity (Wildman–Crippen MR) is 83.4 cm³/mol. The van der Waals surface area contributed by atoms with Crippen molar-refractivity contribution in [3.05, 3.63) is 28.4 Å². The van der Waals surface area contributed by atoms with Crippen LogP contribution in [-0.2, 0) is 6.54 Å². The smallest absolute Gasteiger partial charge is 0.275 e. The Hall–Kier alpha value is -1.35. The van der Waals surface area contributed by atoms with Crippen LogP contribution in [-0.4, -0.2) is 56.4 Å². The zero-order valence-corrected chi connectivity index (χ0v) is 12.6. The zero-order valence-electron chi connectivity index (χ0n) is 11.8. The monoisotopic (exact) mass is 312 g/mol. The van der Waals surface area contributed by atoms with Crippen LogP contribution in [0.25, 0.3) is 11.0 Å². The Kier molecular flexibility index (Phi) is 5.80. The van der Waals surface area contributed by atoms with E-state index in [1.54, 1.807) is 18.0 Å². The summed E-state index contributed by atoms with van der Waals surface area (Å²) in [5, 5.41) is 22.0. The molecule has 5 N–H and O–H groups in total. The minimum absolute atomic E-state index is 0.0217. The first-order valence-electron chi connectivity index (χ1n) is 6.69. The number of aliphatic hydroxyl groups excluding tert-OH is 2. The number of thioether (sulfide) groups is 1. The molecule has 0 amide bonds. The van der Waals surface area contributed by atoms with Crippen LogP contribution in [0.4, 0.5) is 0 Å². The van der Waals surface area contributed by atoms with E-state index >= 15 is 0 Å². The van der Waals surface area contributed by atoms with Gasteiger partial charge in [-0.2, -0.15) is 11.8 Å². The van der Waals surface area contributed by atoms with E-state index < -0.39 is 6.10 Å². The van der Waals surface area contributed by atoms with Crippen LogP contribution in [0.3, 0.4) is 0 Å². The first-order chi connectivity index (χ1) is 10.2. The summed E-state index contributed by atoms with van der Waals surface area (Å²) in [7, 11) is 0. The molecule has 2 aromatic heterocycles. The van der Waals surface area contributed by atoms with Gasteiger partial charge in [0, 0.05) is 30.8 Å². The molecule has 21 heavy (non-hydrogen) atoms. The second-order valence-electron chi connectivity index (χ2n) is 4.87. The highest BCUT2D eigenvalue weighted by Gasteiger charge is 2.17. The van der Waals surface area contributed by atoms with Crippen molar-refractivity contribution in [2.75, 3.05) is 25.2 Å². The van der Waals surface area contributed by atoms with Crippen molar-refractivity contribution in [1.29, 1.82) is 0 Å². The van der Waals surface area contributed by atoms with E-state index in [2.05, 4.69) is 20.3 Å². The van der Waals surface area contributed by atoms with Gasteiger partial charge in [0.05, 0.1) is 24.6 Å². The average Bonchev–Trinajstić information content (AvgIpc) is 2.90. The number of aliphatic hydroxyl groups is 2. The molecule has 0 aliphatic carbocycles. The van der Waals surface area contributed by atoms with Crippen molar-refractivity contribution in [2.24, 2.45) is 5.92 Å². The third kappa shape index (κ3) is 3.85. The lowest BCUT2D eigenvalue weighted by molar-refractivity contribution is 0.0549. The largest absolute Gasteiger partial charge is 0.394 e. The summed E-state index contributed by atoms with van der Waals surface area (Å²) in [4.78, 5) is 21.2. The minimum Gasteiger partial charge on any atom is -0.394 e. The molecule has 8 heteroatoms. The van der Waals surface area contributed by atoms with Crippen molar-refractivity contribution >= 4 is 22.8 Å². The highest BCUT2D eigenvalue weighted by molar-refractivity contribution is 7.98. The van der Waals surface area contributed by atoms with Gasteiger partial charge in [-0.05, 0) is 12.0 Å². The van der Waals surface area contributed by atoms with Crippen LogP contribution in [0.5, 0.6) is 0 Å². The van der Waals surface area contributed by atoms with E-state index in [0.29, 0.717) is 24.1 Å². The molecular formula is C13H20N4O3S. The number of fused-ring (bicyclic) bond motifs is 1. The molecule has 0 saturated heterocycles. The van der Waals surface area contributed by atoms with Crippen molar-refractivity contribution in [2.45, 2.75) is 12.6 Å². The van der Waals surface area contributed by atoms with Crippen LogP contribution in [0.2, 0.25) is 0 Å². The number of rotatable bonds is 8. The summed E-state index contributed by atoms with van der Waals surface area (Å²) in [5.74, 6) is 0.743. The molecule has 2 rings (SSSR count). The maximum absolute atomic E-state index is 11.6. The molecular weight excluding hydrogens is 292 g/mol. The highest BCUT2D eigenvalue weighted by Crippen LogP contribution is 2.13. The van der Waals surface area contributed by atoms with E-state index in [0.717, 1.165) is 11.3 Å². The van der Waals surface area contributed by atoms with Crippen molar-refractivity contribution < 1.29 is 10.2 Å². The normalized spacial score (nSPS) is 14.4. The molecule has 0 unspecified atom stereocenters. The maximum atomic E-state index is 11.6. The van der Waals surface area contributed by atoms with Gasteiger partial charge in [0.2, 0.25) is 0 Å².